The highest BCUT2D eigenvalue weighted by molar-refractivity contribution is 7.15. The Bertz CT molecular complexity index is 331. The first-order chi connectivity index (χ1) is 7.20. The Morgan fingerprint density at radius 1 is 1.53 bits per heavy atom. The first-order valence-electron chi connectivity index (χ1n) is 5.52. The van der Waals surface area contributed by atoms with Crippen LogP contribution in [0.1, 0.15) is 23.4 Å². The fourth-order valence-corrected chi connectivity index (χ4v) is 2.71. The van der Waals surface area contributed by atoms with Gasteiger partial charge in [-0.05, 0) is 32.7 Å². The summed E-state index contributed by atoms with van der Waals surface area (Å²) in [5.74, 6) is 0.923. The zero-order valence-corrected chi connectivity index (χ0v) is 10.5. The summed E-state index contributed by atoms with van der Waals surface area (Å²) in [7, 11) is 4.13. The molecule has 1 aromatic rings. The van der Waals surface area contributed by atoms with E-state index in [1.807, 2.05) is 18.4 Å². The van der Waals surface area contributed by atoms with E-state index in [0.29, 0.717) is 0 Å². The van der Waals surface area contributed by atoms with Crippen LogP contribution < -0.4 is 10.2 Å². The number of hydrogen-bond donors (Lipinski definition) is 1. The second-order valence-electron chi connectivity index (χ2n) is 4.36. The van der Waals surface area contributed by atoms with Crippen LogP contribution in [0.25, 0.3) is 0 Å². The van der Waals surface area contributed by atoms with E-state index in [0.717, 1.165) is 12.5 Å². The number of aromatic nitrogens is 1. The van der Waals surface area contributed by atoms with Crippen molar-refractivity contribution in [2.75, 3.05) is 25.5 Å². The maximum absolute atomic E-state index is 4.61. The highest BCUT2D eigenvalue weighted by Gasteiger charge is 2.24. The molecule has 1 N–H and O–H groups in total. The fraction of sp³-hybridized carbons (Fsp3) is 0.727. The summed E-state index contributed by atoms with van der Waals surface area (Å²) in [4.78, 5) is 8.27. The lowest BCUT2D eigenvalue weighted by molar-refractivity contribution is 0.783. The second kappa shape index (κ2) is 4.49. The molecule has 1 aromatic heterocycles. The Balaban J connectivity index is 2.02. The van der Waals surface area contributed by atoms with Gasteiger partial charge in [-0.2, -0.15) is 0 Å². The number of aryl methyl sites for hydroxylation is 1. The molecule has 2 rings (SSSR count). The van der Waals surface area contributed by atoms with Crippen LogP contribution in [0.2, 0.25) is 0 Å². The summed E-state index contributed by atoms with van der Waals surface area (Å²) in [6.45, 7) is 4.20. The third-order valence-electron chi connectivity index (χ3n) is 2.77. The lowest BCUT2D eigenvalue weighted by atomic mass is 10.4. The molecule has 0 bridgehead atoms. The van der Waals surface area contributed by atoms with Crippen molar-refractivity contribution in [2.24, 2.45) is 5.92 Å². The fourth-order valence-electron chi connectivity index (χ4n) is 1.67. The molecule has 0 aromatic carbocycles. The Morgan fingerprint density at radius 2 is 2.27 bits per heavy atom. The van der Waals surface area contributed by atoms with Crippen molar-refractivity contribution in [3.05, 3.63) is 10.6 Å². The minimum absolute atomic E-state index is 0.923. The van der Waals surface area contributed by atoms with Gasteiger partial charge in [0.05, 0.1) is 5.69 Å². The number of hydrogen-bond acceptors (Lipinski definition) is 4. The van der Waals surface area contributed by atoms with Crippen molar-refractivity contribution < 1.29 is 0 Å². The molecular formula is C11H19N3S. The van der Waals surface area contributed by atoms with Crippen LogP contribution >= 0.6 is 11.3 Å². The Labute approximate surface area is 95.5 Å². The first-order valence-corrected chi connectivity index (χ1v) is 6.34. The molecule has 1 saturated carbocycles. The van der Waals surface area contributed by atoms with E-state index in [-0.39, 0.29) is 0 Å². The zero-order chi connectivity index (χ0) is 10.8. The average molecular weight is 225 g/mol. The molecule has 3 nitrogen and oxygen atoms in total. The van der Waals surface area contributed by atoms with Gasteiger partial charge in [0.15, 0.2) is 5.13 Å². The maximum Gasteiger partial charge on any atom is 0.185 e. The van der Waals surface area contributed by atoms with E-state index in [1.54, 1.807) is 0 Å². The molecular weight excluding hydrogens is 206 g/mol. The smallest absolute Gasteiger partial charge is 0.185 e. The largest absolute Gasteiger partial charge is 0.351 e. The van der Waals surface area contributed by atoms with Gasteiger partial charge >= 0.3 is 0 Å². The molecule has 0 aliphatic heterocycles. The molecule has 0 unspecified atom stereocenters. The molecule has 0 amide bonds. The zero-order valence-electron chi connectivity index (χ0n) is 9.71. The van der Waals surface area contributed by atoms with Gasteiger partial charge in [0.25, 0.3) is 0 Å². The summed E-state index contributed by atoms with van der Waals surface area (Å²) < 4.78 is 0. The number of rotatable bonds is 5. The molecule has 1 fully saturated rings. The minimum atomic E-state index is 0.923. The third-order valence-corrected chi connectivity index (χ3v) is 4.05. The highest BCUT2D eigenvalue weighted by Crippen LogP contribution is 2.32. The SMILES string of the molecule is CNCc1sc(N(C)CC2CC2)nc1C. The topological polar surface area (TPSA) is 28.2 Å². The maximum atomic E-state index is 4.61. The van der Waals surface area contributed by atoms with Crippen LogP contribution in [0.5, 0.6) is 0 Å². The van der Waals surface area contributed by atoms with E-state index in [2.05, 4.69) is 29.2 Å². The van der Waals surface area contributed by atoms with Gasteiger partial charge in [0, 0.05) is 25.0 Å². The van der Waals surface area contributed by atoms with Crippen molar-refractivity contribution in [1.82, 2.24) is 10.3 Å². The van der Waals surface area contributed by atoms with Crippen molar-refractivity contribution in [3.8, 4) is 0 Å². The van der Waals surface area contributed by atoms with Crippen molar-refractivity contribution in [1.29, 1.82) is 0 Å². The van der Waals surface area contributed by atoms with Gasteiger partial charge < -0.3 is 10.2 Å². The van der Waals surface area contributed by atoms with Crippen LogP contribution in [-0.2, 0) is 6.54 Å². The molecule has 15 heavy (non-hydrogen) atoms. The predicted octanol–water partition coefficient (Wildman–Crippen LogP) is 2.02. The number of anilines is 1. The normalized spacial score (nSPS) is 15.7. The molecule has 84 valence electrons. The molecule has 4 heteroatoms. The first kappa shape index (κ1) is 10.9. The van der Waals surface area contributed by atoms with Gasteiger partial charge in [0.2, 0.25) is 0 Å². The Morgan fingerprint density at radius 3 is 2.87 bits per heavy atom. The molecule has 0 radical (unpaired) electrons. The standard InChI is InChI=1S/C11H19N3S/c1-8-10(6-12-2)15-11(13-8)14(3)7-9-4-5-9/h9,12H,4-7H2,1-3H3. The predicted molar refractivity (Wildman–Crippen MR) is 65.6 cm³/mol. The van der Waals surface area contributed by atoms with Gasteiger partial charge in [-0.3, -0.25) is 0 Å². The summed E-state index contributed by atoms with van der Waals surface area (Å²) in [5, 5.41) is 4.35. The molecule has 0 atom stereocenters. The van der Waals surface area contributed by atoms with Crippen molar-refractivity contribution in [2.45, 2.75) is 26.3 Å². The number of nitrogens with one attached hydrogen (secondary N) is 1. The van der Waals surface area contributed by atoms with Crippen LogP contribution in [0.3, 0.4) is 0 Å². The van der Waals surface area contributed by atoms with E-state index >= 15 is 0 Å². The lowest BCUT2D eigenvalue weighted by Gasteiger charge is -2.14. The monoisotopic (exact) mass is 225 g/mol. The lowest BCUT2D eigenvalue weighted by Crippen LogP contribution is -2.19. The van der Waals surface area contributed by atoms with E-state index < -0.39 is 0 Å². The average Bonchev–Trinajstić information content (AvgIpc) is 2.92. The number of thiazole rings is 1. The van der Waals surface area contributed by atoms with Crippen LogP contribution in [0.15, 0.2) is 0 Å². The second-order valence-corrected chi connectivity index (χ2v) is 5.42. The molecule has 1 heterocycles. The van der Waals surface area contributed by atoms with Crippen molar-refractivity contribution in [3.63, 3.8) is 0 Å². The van der Waals surface area contributed by atoms with Gasteiger partial charge in [0.1, 0.15) is 0 Å². The van der Waals surface area contributed by atoms with Crippen LogP contribution in [0.4, 0.5) is 5.13 Å². The van der Waals surface area contributed by atoms with Gasteiger partial charge in [-0.25, -0.2) is 4.98 Å². The summed E-state index contributed by atoms with van der Waals surface area (Å²) >= 11 is 1.81. The summed E-state index contributed by atoms with van der Waals surface area (Å²) in [6.07, 6.45) is 2.80. The molecule has 1 aliphatic carbocycles. The van der Waals surface area contributed by atoms with Gasteiger partial charge in [-0.15, -0.1) is 11.3 Å². The van der Waals surface area contributed by atoms with Gasteiger partial charge in [-0.1, -0.05) is 0 Å². The minimum Gasteiger partial charge on any atom is -0.351 e. The Hall–Kier alpha value is -0.610. The van der Waals surface area contributed by atoms with Crippen molar-refractivity contribution >= 4 is 16.5 Å². The van der Waals surface area contributed by atoms with E-state index in [1.165, 1.54) is 35.1 Å². The highest BCUT2D eigenvalue weighted by atomic mass is 32.1. The molecule has 0 spiro atoms. The van der Waals surface area contributed by atoms with E-state index in [4.69, 9.17) is 0 Å². The third kappa shape index (κ3) is 2.69. The summed E-state index contributed by atoms with van der Waals surface area (Å²) in [5.41, 5.74) is 1.17. The summed E-state index contributed by atoms with van der Waals surface area (Å²) in [6, 6.07) is 0. The van der Waals surface area contributed by atoms with Crippen LogP contribution in [-0.4, -0.2) is 25.6 Å². The Kier molecular flexibility index (Phi) is 3.26. The van der Waals surface area contributed by atoms with Crippen LogP contribution in [0, 0.1) is 12.8 Å². The molecule has 1 aliphatic rings. The quantitative estimate of drug-likeness (QED) is 0.831. The van der Waals surface area contributed by atoms with E-state index in [9.17, 15) is 0 Å². The molecule has 0 saturated heterocycles. The number of nitrogens with zero attached hydrogens (tertiary/aromatic N) is 2.